The van der Waals surface area contributed by atoms with E-state index < -0.39 is 0 Å². The van der Waals surface area contributed by atoms with E-state index in [9.17, 15) is 0 Å². The Balaban J connectivity index is 3.08. The number of anilines is 2. The molecule has 0 unspecified atom stereocenters. The maximum Gasteiger partial charge on any atom is 0.0630 e. The molecule has 15 heavy (non-hydrogen) atoms. The second-order valence-electron chi connectivity index (χ2n) is 4.07. The predicted octanol–water partition coefficient (Wildman–Crippen LogP) is 2.93. The summed E-state index contributed by atoms with van der Waals surface area (Å²) < 4.78 is 0. The van der Waals surface area contributed by atoms with Gasteiger partial charge >= 0.3 is 0 Å². The summed E-state index contributed by atoms with van der Waals surface area (Å²) in [5.74, 6) is 0. The lowest BCUT2D eigenvalue weighted by Gasteiger charge is -2.14. The highest BCUT2D eigenvalue weighted by atomic mass is 14.7. The van der Waals surface area contributed by atoms with Gasteiger partial charge in [-0.05, 0) is 42.8 Å². The highest BCUT2D eigenvalue weighted by Crippen LogP contribution is 2.35. The van der Waals surface area contributed by atoms with E-state index in [4.69, 9.17) is 11.5 Å². The molecule has 78 valence electrons. The summed E-state index contributed by atoms with van der Waals surface area (Å²) in [4.78, 5) is 0. The van der Waals surface area contributed by atoms with Crippen LogP contribution in [-0.4, -0.2) is 0 Å². The monoisotopic (exact) mass is 200 g/mol. The Bertz CT molecular complexity index is 542. The molecule has 0 spiro atoms. The molecule has 0 radical (unpaired) electrons. The molecule has 0 saturated carbocycles. The zero-order valence-electron chi connectivity index (χ0n) is 9.39. The summed E-state index contributed by atoms with van der Waals surface area (Å²) in [5.41, 5.74) is 17.0. The molecule has 0 amide bonds. The van der Waals surface area contributed by atoms with Crippen molar-refractivity contribution in [2.45, 2.75) is 20.8 Å². The third-order valence-electron chi connectivity index (χ3n) is 3.19. The summed E-state index contributed by atoms with van der Waals surface area (Å²) in [6, 6.07) is 6.15. The molecule has 2 heteroatoms. The van der Waals surface area contributed by atoms with E-state index in [2.05, 4.69) is 19.9 Å². The van der Waals surface area contributed by atoms with Gasteiger partial charge in [0.15, 0.2) is 0 Å². The smallest absolute Gasteiger partial charge is 0.0630 e. The number of hydrogen-bond donors (Lipinski definition) is 2. The molecule has 2 rings (SSSR count). The molecule has 0 heterocycles. The number of rotatable bonds is 0. The van der Waals surface area contributed by atoms with Crippen molar-refractivity contribution in [2.24, 2.45) is 0 Å². The van der Waals surface area contributed by atoms with Crippen LogP contribution in [-0.2, 0) is 0 Å². The van der Waals surface area contributed by atoms with Crippen LogP contribution in [0.15, 0.2) is 18.2 Å². The molecule has 0 saturated heterocycles. The van der Waals surface area contributed by atoms with Crippen molar-refractivity contribution in [1.82, 2.24) is 0 Å². The Morgan fingerprint density at radius 3 is 2.20 bits per heavy atom. The van der Waals surface area contributed by atoms with E-state index in [1.165, 1.54) is 16.5 Å². The molecule has 4 N–H and O–H groups in total. The summed E-state index contributed by atoms with van der Waals surface area (Å²) in [6.07, 6.45) is 0. The van der Waals surface area contributed by atoms with E-state index in [-0.39, 0.29) is 0 Å². The van der Waals surface area contributed by atoms with Crippen LogP contribution in [0.4, 0.5) is 11.4 Å². The van der Waals surface area contributed by atoms with Gasteiger partial charge in [-0.25, -0.2) is 0 Å². The van der Waals surface area contributed by atoms with Crippen molar-refractivity contribution >= 4 is 22.1 Å². The molecule has 2 aromatic rings. The van der Waals surface area contributed by atoms with E-state index in [0.717, 1.165) is 10.9 Å². The van der Waals surface area contributed by atoms with Crippen LogP contribution >= 0.6 is 0 Å². The summed E-state index contributed by atoms with van der Waals surface area (Å²) in [5, 5.41) is 2.30. The second kappa shape index (κ2) is 3.16. The van der Waals surface area contributed by atoms with Crippen LogP contribution < -0.4 is 11.5 Å². The number of hydrogen-bond acceptors (Lipinski definition) is 2. The first-order valence-corrected chi connectivity index (χ1v) is 5.07. The Morgan fingerprint density at radius 1 is 0.867 bits per heavy atom. The number of fused-ring (bicyclic) bond motifs is 1. The molecule has 2 nitrogen and oxygen atoms in total. The molecule has 0 atom stereocenters. The van der Waals surface area contributed by atoms with Gasteiger partial charge in [0.05, 0.1) is 11.4 Å². The molecule has 2 aromatic carbocycles. The maximum absolute atomic E-state index is 6.03. The second-order valence-corrected chi connectivity index (χ2v) is 4.07. The predicted molar refractivity (Wildman–Crippen MR) is 67.0 cm³/mol. The molecule has 0 aromatic heterocycles. The van der Waals surface area contributed by atoms with Crippen LogP contribution in [0.25, 0.3) is 10.8 Å². The molecule has 0 aliphatic carbocycles. The van der Waals surface area contributed by atoms with Crippen molar-refractivity contribution in [2.75, 3.05) is 11.5 Å². The highest BCUT2D eigenvalue weighted by Gasteiger charge is 2.10. The fourth-order valence-corrected chi connectivity index (χ4v) is 2.13. The van der Waals surface area contributed by atoms with Crippen molar-refractivity contribution < 1.29 is 0 Å². The minimum atomic E-state index is 0.705. The lowest BCUT2D eigenvalue weighted by atomic mass is 9.94. The molecular formula is C13H16N2. The lowest BCUT2D eigenvalue weighted by molar-refractivity contribution is 1.36. The van der Waals surface area contributed by atoms with Gasteiger partial charge in [0.2, 0.25) is 0 Å². The van der Waals surface area contributed by atoms with Crippen molar-refractivity contribution in [1.29, 1.82) is 0 Å². The normalized spacial score (nSPS) is 10.9. The number of aryl methyl sites for hydroxylation is 2. The van der Waals surface area contributed by atoms with Gasteiger partial charge in [0.1, 0.15) is 0 Å². The highest BCUT2D eigenvalue weighted by molar-refractivity contribution is 6.03. The first-order chi connectivity index (χ1) is 7.04. The van der Waals surface area contributed by atoms with Crippen LogP contribution in [0.5, 0.6) is 0 Å². The van der Waals surface area contributed by atoms with Gasteiger partial charge < -0.3 is 11.5 Å². The first kappa shape index (κ1) is 9.84. The Kier molecular flexibility index (Phi) is 2.07. The van der Waals surface area contributed by atoms with Crippen molar-refractivity contribution in [3.05, 3.63) is 34.9 Å². The standard InChI is InChI=1S/C13H16N2/c1-7-5-4-6-10-11(7)8(2)9(3)12(14)13(10)15/h4-6H,14-15H2,1-3H3. The molecule has 0 aliphatic heterocycles. The minimum absolute atomic E-state index is 0.705. The zero-order valence-corrected chi connectivity index (χ0v) is 9.39. The van der Waals surface area contributed by atoms with Gasteiger partial charge in [-0.15, -0.1) is 0 Å². The number of benzene rings is 2. The van der Waals surface area contributed by atoms with Crippen LogP contribution in [0.3, 0.4) is 0 Å². The fraction of sp³-hybridized carbons (Fsp3) is 0.231. The number of nitrogens with two attached hydrogens (primary N) is 2. The van der Waals surface area contributed by atoms with E-state index in [0.29, 0.717) is 11.4 Å². The van der Waals surface area contributed by atoms with Gasteiger partial charge in [0.25, 0.3) is 0 Å². The van der Waals surface area contributed by atoms with Gasteiger partial charge in [-0.3, -0.25) is 0 Å². The van der Waals surface area contributed by atoms with Crippen LogP contribution in [0.1, 0.15) is 16.7 Å². The molecular weight excluding hydrogens is 184 g/mol. The van der Waals surface area contributed by atoms with E-state index >= 15 is 0 Å². The van der Waals surface area contributed by atoms with Crippen molar-refractivity contribution in [3.63, 3.8) is 0 Å². The van der Waals surface area contributed by atoms with Gasteiger partial charge in [-0.1, -0.05) is 18.2 Å². The fourth-order valence-electron chi connectivity index (χ4n) is 2.13. The minimum Gasteiger partial charge on any atom is -0.397 e. The summed E-state index contributed by atoms with van der Waals surface area (Å²) in [7, 11) is 0. The average Bonchev–Trinajstić information content (AvgIpc) is 2.23. The van der Waals surface area contributed by atoms with Gasteiger partial charge in [0, 0.05) is 5.39 Å². The van der Waals surface area contributed by atoms with Crippen molar-refractivity contribution in [3.8, 4) is 0 Å². The topological polar surface area (TPSA) is 52.0 Å². The molecule has 0 bridgehead atoms. The number of nitrogen functional groups attached to an aromatic ring is 2. The van der Waals surface area contributed by atoms with Crippen LogP contribution in [0.2, 0.25) is 0 Å². The Labute approximate surface area is 89.9 Å². The summed E-state index contributed by atoms with van der Waals surface area (Å²) in [6.45, 7) is 6.22. The SMILES string of the molecule is Cc1c(N)c(N)c2cccc(C)c2c1C. The molecule has 0 fully saturated rings. The Morgan fingerprint density at radius 2 is 1.53 bits per heavy atom. The van der Waals surface area contributed by atoms with Crippen LogP contribution in [0, 0.1) is 20.8 Å². The summed E-state index contributed by atoms with van der Waals surface area (Å²) >= 11 is 0. The quantitative estimate of drug-likeness (QED) is 0.642. The lowest BCUT2D eigenvalue weighted by Crippen LogP contribution is -2.01. The molecule has 0 aliphatic rings. The average molecular weight is 200 g/mol. The Hall–Kier alpha value is -1.70. The van der Waals surface area contributed by atoms with E-state index in [1.54, 1.807) is 0 Å². The largest absolute Gasteiger partial charge is 0.397 e. The first-order valence-electron chi connectivity index (χ1n) is 5.07. The van der Waals surface area contributed by atoms with E-state index in [1.807, 2.05) is 19.1 Å². The van der Waals surface area contributed by atoms with Gasteiger partial charge in [-0.2, -0.15) is 0 Å². The third kappa shape index (κ3) is 1.25. The third-order valence-corrected chi connectivity index (χ3v) is 3.19. The zero-order chi connectivity index (χ0) is 11.2. The maximum atomic E-state index is 6.03.